The smallest absolute Gasteiger partial charge is 0.358 e. The molecule has 0 radical (unpaired) electrons. The number of hydrazine groups is 1. The molecule has 2 aliphatic carbocycles. The van der Waals surface area contributed by atoms with Gasteiger partial charge in [-0.3, -0.25) is 5.84 Å². The van der Waals surface area contributed by atoms with E-state index in [0.717, 1.165) is 25.7 Å². The molecular formula is C14H25N3O3. The molecule has 0 atom stereocenters. The number of nitrogens with two attached hydrogens (primary N) is 2. The highest BCUT2D eigenvalue weighted by molar-refractivity contribution is 5.86. The zero-order chi connectivity index (χ0) is 14.6. The third-order valence-electron chi connectivity index (χ3n) is 4.81. The van der Waals surface area contributed by atoms with Crippen molar-refractivity contribution < 1.29 is 14.6 Å². The Morgan fingerprint density at radius 2 is 1.75 bits per heavy atom. The van der Waals surface area contributed by atoms with Gasteiger partial charge in [-0.05, 0) is 43.9 Å². The van der Waals surface area contributed by atoms with Gasteiger partial charge in [0.05, 0.1) is 0 Å². The Kier molecular flexibility index (Phi) is 4.75. The van der Waals surface area contributed by atoms with E-state index in [1.54, 1.807) is 0 Å². The van der Waals surface area contributed by atoms with Crippen molar-refractivity contribution in [2.24, 2.45) is 17.0 Å². The molecule has 6 nitrogen and oxygen atoms in total. The number of rotatable bonds is 4. The predicted molar refractivity (Wildman–Crippen MR) is 75.0 cm³/mol. The minimum atomic E-state index is -1.20. The number of aliphatic carboxylic acids is 1. The number of ether oxygens (including phenoxy) is 1. The normalized spacial score (nSPS) is 24.1. The molecule has 2 rings (SSSR count). The monoisotopic (exact) mass is 283 g/mol. The molecule has 1 spiro atoms. The second-order valence-corrected chi connectivity index (χ2v) is 6.07. The summed E-state index contributed by atoms with van der Waals surface area (Å²) in [6.45, 7) is 0. The zero-order valence-electron chi connectivity index (χ0n) is 11.9. The van der Waals surface area contributed by atoms with E-state index in [1.807, 2.05) is 0 Å². The summed E-state index contributed by atoms with van der Waals surface area (Å²) < 4.78 is 5.57. The van der Waals surface area contributed by atoms with Crippen LogP contribution in [0.25, 0.3) is 0 Å². The molecule has 0 heterocycles. The highest BCUT2D eigenvalue weighted by Crippen LogP contribution is 2.47. The van der Waals surface area contributed by atoms with Gasteiger partial charge in [0.1, 0.15) is 6.10 Å². The van der Waals surface area contributed by atoms with Crippen molar-refractivity contribution in [3.63, 3.8) is 0 Å². The first-order valence-corrected chi connectivity index (χ1v) is 7.43. The number of carbonyl (C=O) groups is 1. The molecule has 0 aliphatic heterocycles. The first-order valence-electron chi connectivity index (χ1n) is 7.43. The topological polar surface area (TPSA) is 111 Å². The summed E-state index contributed by atoms with van der Waals surface area (Å²) in [6, 6.07) is 0. The van der Waals surface area contributed by atoms with Crippen LogP contribution in [0.15, 0.2) is 11.6 Å². The number of hydrogen-bond acceptors (Lipinski definition) is 5. The van der Waals surface area contributed by atoms with Crippen molar-refractivity contribution in [1.29, 1.82) is 0 Å². The largest absolute Gasteiger partial charge is 0.476 e. The van der Waals surface area contributed by atoms with Crippen LogP contribution in [0.4, 0.5) is 0 Å². The van der Waals surface area contributed by atoms with Crippen LogP contribution in [0, 0.1) is 5.41 Å². The van der Waals surface area contributed by atoms with Crippen LogP contribution in [0.5, 0.6) is 0 Å². The second kappa shape index (κ2) is 6.35. The van der Waals surface area contributed by atoms with E-state index in [1.165, 1.54) is 32.1 Å². The van der Waals surface area contributed by atoms with Crippen LogP contribution in [0.1, 0.15) is 57.8 Å². The molecular weight excluding hydrogens is 258 g/mol. The Labute approximate surface area is 119 Å². The second-order valence-electron chi connectivity index (χ2n) is 6.07. The van der Waals surface area contributed by atoms with Gasteiger partial charge in [-0.25, -0.2) is 4.79 Å². The van der Waals surface area contributed by atoms with E-state index in [2.05, 4.69) is 5.43 Å². The average molecular weight is 283 g/mol. The van der Waals surface area contributed by atoms with Gasteiger partial charge < -0.3 is 21.0 Å². The molecule has 0 amide bonds. The third-order valence-corrected chi connectivity index (χ3v) is 4.81. The molecule has 0 bridgehead atoms. The molecule has 2 fully saturated rings. The Morgan fingerprint density at radius 1 is 1.15 bits per heavy atom. The van der Waals surface area contributed by atoms with E-state index in [-0.39, 0.29) is 17.7 Å². The fourth-order valence-electron chi connectivity index (χ4n) is 3.60. The minimum Gasteiger partial charge on any atom is -0.476 e. The molecule has 0 aromatic heterocycles. The van der Waals surface area contributed by atoms with Crippen LogP contribution in [-0.2, 0) is 9.53 Å². The van der Waals surface area contributed by atoms with Crippen molar-refractivity contribution in [1.82, 2.24) is 5.43 Å². The average Bonchev–Trinajstić information content (AvgIpc) is 2.43. The highest BCUT2D eigenvalue weighted by atomic mass is 16.5. The SMILES string of the molecule is NN/C(C(=O)O)=C(\N)OC1CCC2(CCCCC2)CC1. The fourth-order valence-corrected chi connectivity index (χ4v) is 3.60. The number of carboxylic acid groups (broad SMARTS) is 1. The van der Waals surface area contributed by atoms with Crippen LogP contribution in [0.3, 0.4) is 0 Å². The Hall–Kier alpha value is -1.43. The van der Waals surface area contributed by atoms with Crippen LogP contribution in [0.2, 0.25) is 0 Å². The van der Waals surface area contributed by atoms with Crippen LogP contribution >= 0.6 is 0 Å². The lowest BCUT2D eigenvalue weighted by Crippen LogP contribution is -2.35. The van der Waals surface area contributed by atoms with Gasteiger partial charge in [0, 0.05) is 0 Å². The lowest BCUT2D eigenvalue weighted by Gasteiger charge is -2.42. The molecule has 114 valence electrons. The maximum atomic E-state index is 10.9. The van der Waals surface area contributed by atoms with Crippen molar-refractivity contribution in [2.75, 3.05) is 0 Å². The van der Waals surface area contributed by atoms with Gasteiger partial charge in [0.25, 0.3) is 0 Å². The van der Waals surface area contributed by atoms with Crippen molar-refractivity contribution in [3.8, 4) is 0 Å². The summed E-state index contributed by atoms with van der Waals surface area (Å²) in [5, 5.41) is 8.91. The predicted octanol–water partition coefficient (Wildman–Crippen LogP) is 1.57. The first-order chi connectivity index (χ1) is 9.56. The Balaban J connectivity index is 1.89. The summed E-state index contributed by atoms with van der Waals surface area (Å²) in [7, 11) is 0. The van der Waals surface area contributed by atoms with Gasteiger partial charge in [0.15, 0.2) is 5.70 Å². The third kappa shape index (κ3) is 3.36. The molecule has 0 aromatic rings. The van der Waals surface area contributed by atoms with E-state index in [0.29, 0.717) is 5.41 Å². The maximum absolute atomic E-state index is 10.9. The lowest BCUT2D eigenvalue weighted by atomic mass is 9.65. The van der Waals surface area contributed by atoms with E-state index in [9.17, 15) is 4.79 Å². The molecule has 0 aromatic carbocycles. The summed E-state index contributed by atoms with van der Waals surface area (Å²) >= 11 is 0. The molecule has 6 heteroatoms. The van der Waals surface area contributed by atoms with E-state index >= 15 is 0 Å². The summed E-state index contributed by atoms with van der Waals surface area (Å²) in [5.74, 6) is 3.82. The minimum absolute atomic E-state index is 0.00486. The maximum Gasteiger partial charge on any atom is 0.358 e. The molecule has 20 heavy (non-hydrogen) atoms. The molecule has 2 aliphatic rings. The van der Waals surface area contributed by atoms with Crippen LogP contribution in [-0.4, -0.2) is 17.2 Å². The summed E-state index contributed by atoms with van der Waals surface area (Å²) in [6.07, 6.45) is 10.9. The lowest BCUT2D eigenvalue weighted by molar-refractivity contribution is -0.133. The number of hydrogen-bond donors (Lipinski definition) is 4. The Bertz CT molecular complexity index is 379. The van der Waals surface area contributed by atoms with E-state index in [4.69, 9.17) is 21.4 Å². The molecule has 0 unspecified atom stereocenters. The summed E-state index contributed by atoms with van der Waals surface area (Å²) in [5.41, 5.74) is 7.98. The van der Waals surface area contributed by atoms with Gasteiger partial charge in [0.2, 0.25) is 5.88 Å². The summed E-state index contributed by atoms with van der Waals surface area (Å²) in [4.78, 5) is 10.9. The quantitative estimate of drug-likeness (QED) is 0.270. The molecule has 6 N–H and O–H groups in total. The van der Waals surface area contributed by atoms with Gasteiger partial charge in [-0.2, -0.15) is 0 Å². The van der Waals surface area contributed by atoms with Crippen LogP contribution < -0.4 is 17.0 Å². The van der Waals surface area contributed by atoms with Crippen molar-refractivity contribution >= 4 is 5.97 Å². The highest BCUT2D eigenvalue weighted by Gasteiger charge is 2.37. The standard InChI is InChI=1S/C14H25N3O3/c15-12(11(17-16)13(18)19)20-10-4-8-14(9-5-10)6-2-1-3-7-14/h10,17H,1-9,15-16H2,(H,18,19)/b12-11+. The van der Waals surface area contributed by atoms with Gasteiger partial charge >= 0.3 is 5.97 Å². The van der Waals surface area contributed by atoms with Gasteiger partial charge in [-0.15, -0.1) is 0 Å². The molecule has 2 saturated carbocycles. The fraction of sp³-hybridized carbons (Fsp3) is 0.786. The van der Waals surface area contributed by atoms with Gasteiger partial charge in [-0.1, -0.05) is 19.3 Å². The first kappa shape index (κ1) is 15.0. The number of carboxylic acids is 1. The zero-order valence-corrected chi connectivity index (χ0v) is 11.9. The molecule has 0 saturated heterocycles. The van der Waals surface area contributed by atoms with E-state index < -0.39 is 5.97 Å². The van der Waals surface area contributed by atoms with Crippen molar-refractivity contribution in [2.45, 2.75) is 63.9 Å². The van der Waals surface area contributed by atoms with Crippen molar-refractivity contribution in [3.05, 3.63) is 11.6 Å². The number of nitrogens with one attached hydrogen (secondary N) is 1. The Morgan fingerprint density at radius 3 is 2.25 bits per heavy atom.